The summed E-state index contributed by atoms with van der Waals surface area (Å²) in [4.78, 5) is 11.6. The average Bonchev–Trinajstić information content (AvgIpc) is 2.70. The van der Waals surface area contributed by atoms with E-state index in [0.717, 1.165) is 30.0 Å². The van der Waals surface area contributed by atoms with Crippen molar-refractivity contribution in [1.82, 2.24) is 9.97 Å². The maximum absolute atomic E-state index is 13.2. The highest BCUT2D eigenvalue weighted by Gasteiger charge is 2.28. The Hall–Kier alpha value is -2.50. The fourth-order valence-electron chi connectivity index (χ4n) is 4.08. The van der Waals surface area contributed by atoms with Gasteiger partial charge >= 0.3 is 0 Å². The highest BCUT2D eigenvalue weighted by molar-refractivity contribution is 5.85. The SMILES string of the molecule is Cc1ccc2c(c1)CCN(c1nc(C(O)c3ccc(F)cc3)nc(C)c1C)C2C.Cl. The van der Waals surface area contributed by atoms with E-state index in [1.807, 2.05) is 13.8 Å². The van der Waals surface area contributed by atoms with Crippen LogP contribution in [0.2, 0.25) is 0 Å². The van der Waals surface area contributed by atoms with E-state index in [1.54, 1.807) is 12.1 Å². The molecule has 30 heavy (non-hydrogen) atoms. The summed E-state index contributed by atoms with van der Waals surface area (Å²) in [5.41, 5.74) is 6.42. The third kappa shape index (κ3) is 4.05. The van der Waals surface area contributed by atoms with Gasteiger partial charge in [0.2, 0.25) is 0 Å². The van der Waals surface area contributed by atoms with Crippen molar-refractivity contribution in [3.05, 3.63) is 87.6 Å². The van der Waals surface area contributed by atoms with Crippen LogP contribution in [0, 0.1) is 26.6 Å². The summed E-state index contributed by atoms with van der Waals surface area (Å²) in [6, 6.07) is 12.6. The van der Waals surface area contributed by atoms with Gasteiger partial charge in [-0.15, -0.1) is 12.4 Å². The van der Waals surface area contributed by atoms with Crippen LogP contribution >= 0.6 is 12.4 Å². The number of aryl methyl sites for hydroxylation is 2. The summed E-state index contributed by atoms with van der Waals surface area (Å²) < 4.78 is 13.2. The molecule has 4 rings (SSSR count). The Labute approximate surface area is 183 Å². The largest absolute Gasteiger partial charge is 0.380 e. The number of rotatable bonds is 3. The highest BCUT2D eigenvalue weighted by Crippen LogP contribution is 2.35. The van der Waals surface area contributed by atoms with E-state index in [4.69, 9.17) is 4.98 Å². The van der Waals surface area contributed by atoms with Crippen molar-refractivity contribution < 1.29 is 9.50 Å². The van der Waals surface area contributed by atoms with Gasteiger partial charge in [-0.1, -0.05) is 35.9 Å². The molecule has 0 spiro atoms. The van der Waals surface area contributed by atoms with E-state index in [2.05, 4.69) is 41.9 Å². The summed E-state index contributed by atoms with van der Waals surface area (Å²) in [6.45, 7) is 9.14. The molecule has 0 bridgehead atoms. The molecule has 0 saturated carbocycles. The van der Waals surface area contributed by atoms with Crippen molar-refractivity contribution >= 4 is 18.2 Å². The number of aromatic nitrogens is 2. The first kappa shape index (κ1) is 22.2. The van der Waals surface area contributed by atoms with Gasteiger partial charge in [-0.25, -0.2) is 14.4 Å². The van der Waals surface area contributed by atoms with Gasteiger partial charge in [0.05, 0.1) is 6.04 Å². The molecule has 2 atom stereocenters. The van der Waals surface area contributed by atoms with Gasteiger partial charge < -0.3 is 10.0 Å². The molecule has 0 amide bonds. The van der Waals surface area contributed by atoms with Crippen LogP contribution in [-0.2, 0) is 6.42 Å². The van der Waals surface area contributed by atoms with Crippen LogP contribution in [0.3, 0.4) is 0 Å². The Balaban J connectivity index is 0.00000256. The molecule has 0 saturated heterocycles. The van der Waals surface area contributed by atoms with Gasteiger partial charge in [0.1, 0.15) is 17.7 Å². The number of aliphatic hydroxyl groups is 1. The lowest BCUT2D eigenvalue weighted by molar-refractivity contribution is 0.209. The second kappa shape index (κ2) is 8.70. The molecule has 1 aliphatic rings. The van der Waals surface area contributed by atoms with Crippen LogP contribution in [0.4, 0.5) is 10.2 Å². The zero-order valence-corrected chi connectivity index (χ0v) is 18.5. The Kier molecular flexibility index (Phi) is 6.44. The van der Waals surface area contributed by atoms with E-state index in [0.29, 0.717) is 11.4 Å². The zero-order chi connectivity index (χ0) is 20.7. The van der Waals surface area contributed by atoms with Gasteiger partial charge in [-0.05, 0) is 62.9 Å². The molecule has 3 aromatic rings. The van der Waals surface area contributed by atoms with Crippen LogP contribution in [0.5, 0.6) is 0 Å². The van der Waals surface area contributed by atoms with Crippen molar-refractivity contribution in [2.24, 2.45) is 0 Å². The average molecular weight is 428 g/mol. The lowest BCUT2D eigenvalue weighted by atomic mass is 9.92. The monoisotopic (exact) mass is 427 g/mol. The third-order valence-corrected chi connectivity index (χ3v) is 5.92. The number of hydrogen-bond donors (Lipinski definition) is 1. The van der Waals surface area contributed by atoms with Crippen LogP contribution in [0.15, 0.2) is 42.5 Å². The molecule has 1 aromatic heterocycles. The third-order valence-electron chi connectivity index (χ3n) is 5.92. The van der Waals surface area contributed by atoms with E-state index >= 15 is 0 Å². The standard InChI is InChI=1S/C24H26FN3O.ClH/c1-14-5-10-21-17(4)28(12-11-19(21)13-14)24-15(2)16(3)26-23(27-24)22(29)18-6-8-20(25)9-7-18;/h5-10,13,17,22,29H,11-12H2,1-4H3;1H. The second-order valence-electron chi connectivity index (χ2n) is 7.89. The lowest BCUT2D eigenvalue weighted by Crippen LogP contribution is -2.35. The van der Waals surface area contributed by atoms with Crippen LogP contribution in [-0.4, -0.2) is 21.6 Å². The molecule has 0 aliphatic carbocycles. The Morgan fingerprint density at radius 1 is 1.07 bits per heavy atom. The molecule has 2 aromatic carbocycles. The number of benzene rings is 2. The van der Waals surface area contributed by atoms with E-state index in [9.17, 15) is 9.50 Å². The Morgan fingerprint density at radius 3 is 2.47 bits per heavy atom. The van der Waals surface area contributed by atoms with Gasteiger partial charge in [0.25, 0.3) is 0 Å². The number of hydrogen-bond acceptors (Lipinski definition) is 4. The molecular formula is C24H27ClFN3O. The molecule has 4 nitrogen and oxygen atoms in total. The Bertz CT molecular complexity index is 1060. The summed E-state index contributed by atoms with van der Waals surface area (Å²) in [5, 5.41) is 10.8. The minimum Gasteiger partial charge on any atom is -0.380 e. The lowest BCUT2D eigenvalue weighted by Gasteiger charge is -2.37. The number of aliphatic hydroxyl groups excluding tert-OH is 1. The second-order valence-corrected chi connectivity index (χ2v) is 7.89. The maximum atomic E-state index is 13.2. The van der Waals surface area contributed by atoms with Crippen molar-refractivity contribution in [3.8, 4) is 0 Å². The zero-order valence-electron chi connectivity index (χ0n) is 17.7. The van der Waals surface area contributed by atoms with Gasteiger partial charge in [-0.2, -0.15) is 0 Å². The quantitative estimate of drug-likeness (QED) is 0.626. The summed E-state index contributed by atoms with van der Waals surface area (Å²) in [7, 11) is 0. The number of anilines is 1. The molecule has 0 radical (unpaired) electrons. The van der Waals surface area contributed by atoms with Gasteiger partial charge in [-0.3, -0.25) is 0 Å². The minimum absolute atomic E-state index is 0. The summed E-state index contributed by atoms with van der Waals surface area (Å²) >= 11 is 0. The first-order valence-corrected chi connectivity index (χ1v) is 10.00. The molecule has 0 fully saturated rings. The number of fused-ring (bicyclic) bond motifs is 1. The highest BCUT2D eigenvalue weighted by atomic mass is 35.5. The first-order chi connectivity index (χ1) is 13.8. The first-order valence-electron chi connectivity index (χ1n) is 10.00. The maximum Gasteiger partial charge on any atom is 0.164 e. The van der Waals surface area contributed by atoms with Crippen LogP contribution in [0.1, 0.15) is 58.4 Å². The molecule has 1 N–H and O–H groups in total. The predicted molar refractivity (Wildman–Crippen MR) is 120 cm³/mol. The number of halogens is 2. The van der Waals surface area contributed by atoms with E-state index in [1.165, 1.54) is 28.8 Å². The van der Waals surface area contributed by atoms with Crippen molar-refractivity contribution in [1.29, 1.82) is 0 Å². The smallest absolute Gasteiger partial charge is 0.164 e. The van der Waals surface area contributed by atoms with Crippen LogP contribution in [0.25, 0.3) is 0 Å². The van der Waals surface area contributed by atoms with Crippen molar-refractivity contribution in [3.63, 3.8) is 0 Å². The normalized spacial score (nSPS) is 16.6. The molecule has 1 aliphatic heterocycles. The van der Waals surface area contributed by atoms with E-state index in [-0.39, 0.29) is 24.3 Å². The summed E-state index contributed by atoms with van der Waals surface area (Å²) in [6.07, 6.45) is -0.0386. The Morgan fingerprint density at radius 2 is 1.77 bits per heavy atom. The molecular weight excluding hydrogens is 401 g/mol. The molecule has 2 heterocycles. The fraction of sp³-hybridized carbons (Fsp3) is 0.333. The van der Waals surface area contributed by atoms with Crippen molar-refractivity contribution in [2.45, 2.75) is 46.3 Å². The molecule has 158 valence electrons. The number of nitrogens with zero attached hydrogens (tertiary/aromatic N) is 3. The fourth-order valence-corrected chi connectivity index (χ4v) is 4.08. The molecule has 6 heteroatoms. The predicted octanol–water partition coefficient (Wildman–Crippen LogP) is 5.17. The molecule has 2 unspecified atom stereocenters. The van der Waals surface area contributed by atoms with Crippen molar-refractivity contribution in [2.75, 3.05) is 11.4 Å². The minimum atomic E-state index is -0.997. The summed E-state index contributed by atoms with van der Waals surface area (Å²) in [5.74, 6) is 0.864. The van der Waals surface area contributed by atoms with E-state index < -0.39 is 6.10 Å². The van der Waals surface area contributed by atoms with Crippen LogP contribution < -0.4 is 4.90 Å². The topological polar surface area (TPSA) is 49.2 Å². The van der Waals surface area contributed by atoms with Gasteiger partial charge in [0.15, 0.2) is 5.82 Å². The van der Waals surface area contributed by atoms with Gasteiger partial charge in [0, 0.05) is 17.8 Å².